The van der Waals surface area contributed by atoms with E-state index in [0.717, 1.165) is 0 Å². The van der Waals surface area contributed by atoms with Gasteiger partial charge in [0.1, 0.15) is 5.75 Å². The topological polar surface area (TPSA) is 22.1 Å². The standard InChI is InChI=1S/C11H6BrCl2NO/c12-10-5-8(14)6-15-11(10)16-9-3-1-7(13)2-4-9/h1-6H. The Labute approximate surface area is 111 Å². The summed E-state index contributed by atoms with van der Waals surface area (Å²) in [7, 11) is 0. The van der Waals surface area contributed by atoms with Gasteiger partial charge in [0.05, 0.1) is 9.50 Å². The van der Waals surface area contributed by atoms with Crippen molar-refractivity contribution in [2.45, 2.75) is 0 Å². The van der Waals surface area contributed by atoms with E-state index >= 15 is 0 Å². The molecule has 0 saturated heterocycles. The molecule has 0 radical (unpaired) electrons. The summed E-state index contributed by atoms with van der Waals surface area (Å²) in [6, 6.07) is 8.76. The molecule has 2 nitrogen and oxygen atoms in total. The highest BCUT2D eigenvalue weighted by molar-refractivity contribution is 9.10. The molecular formula is C11H6BrCl2NO. The molecule has 0 N–H and O–H groups in total. The van der Waals surface area contributed by atoms with Crippen LogP contribution >= 0.6 is 39.1 Å². The summed E-state index contributed by atoms with van der Waals surface area (Å²) in [6.45, 7) is 0. The predicted molar refractivity (Wildman–Crippen MR) is 68.5 cm³/mol. The zero-order valence-corrected chi connectivity index (χ0v) is 11.1. The molecule has 2 rings (SSSR count). The third kappa shape index (κ3) is 2.88. The van der Waals surface area contributed by atoms with E-state index in [2.05, 4.69) is 20.9 Å². The average Bonchev–Trinajstić information content (AvgIpc) is 2.25. The van der Waals surface area contributed by atoms with Crippen molar-refractivity contribution in [1.29, 1.82) is 0 Å². The number of rotatable bonds is 2. The second-order valence-electron chi connectivity index (χ2n) is 3.00. The largest absolute Gasteiger partial charge is 0.438 e. The summed E-state index contributed by atoms with van der Waals surface area (Å²) in [6.07, 6.45) is 1.53. The third-order valence-corrected chi connectivity index (χ3v) is 2.83. The number of hydrogen-bond acceptors (Lipinski definition) is 2. The molecule has 82 valence electrons. The predicted octanol–water partition coefficient (Wildman–Crippen LogP) is 4.94. The van der Waals surface area contributed by atoms with Crippen molar-refractivity contribution in [3.8, 4) is 11.6 Å². The van der Waals surface area contributed by atoms with Crippen LogP contribution in [0.15, 0.2) is 41.0 Å². The normalized spacial score (nSPS) is 10.2. The van der Waals surface area contributed by atoms with E-state index in [0.29, 0.717) is 26.1 Å². The molecule has 5 heteroatoms. The number of hydrogen-bond donors (Lipinski definition) is 0. The number of pyridine rings is 1. The summed E-state index contributed by atoms with van der Waals surface area (Å²) in [4.78, 5) is 4.06. The van der Waals surface area contributed by atoms with Crippen LogP contribution in [0.4, 0.5) is 0 Å². The first kappa shape index (κ1) is 11.7. The summed E-state index contributed by atoms with van der Waals surface area (Å²) in [5.74, 6) is 1.13. The average molecular weight is 319 g/mol. The molecule has 0 bridgehead atoms. The van der Waals surface area contributed by atoms with Crippen LogP contribution in [-0.4, -0.2) is 4.98 Å². The van der Waals surface area contributed by atoms with Gasteiger partial charge < -0.3 is 4.74 Å². The molecule has 0 aliphatic carbocycles. The minimum Gasteiger partial charge on any atom is -0.438 e. The van der Waals surface area contributed by atoms with Crippen molar-refractivity contribution in [3.63, 3.8) is 0 Å². The molecule has 0 atom stereocenters. The quantitative estimate of drug-likeness (QED) is 0.782. The van der Waals surface area contributed by atoms with Crippen LogP contribution in [0.5, 0.6) is 11.6 Å². The molecule has 0 amide bonds. The van der Waals surface area contributed by atoms with Crippen molar-refractivity contribution in [2.24, 2.45) is 0 Å². The maximum Gasteiger partial charge on any atom is 0.233 e. The first-order valence-electron chi connectivity index (χ1n) is 4.39. The van der Waals surface area contributed by atoms with E-state index in [1.165, 1.54) is 6.20 Å². The van der Waals surface area contributed by atoms with Gasteiger partial charge in [-0.1, -0.05) is 23.2 Å². The van der Waals surface area contributed by atoms with Gasteiger partial charge in [-0.15, -0.1) is 0 Å². The molecule has 0 aliphatic heterocycles. The van der Waals surface area contributed by atoms with Gasteiger partial charge in [-0.2, -0.15) is 0 Å². The van der Waals surface area contributed by atoms with Crippen LogP contribution in [0, 0.1) is 0 Å². The minimum atomic E-state index is 0.465. The zero-order chi connectivity index (χ0) is 11.5. The lowest BCUT2D eigenvalue weighted by Crippen LogP contribution is -1.88. The van der Waals surface area contributed by atoms with Crippen molar-refractivity contribution in [2.75, 3.05) is 0 Å². The van der Waals surface area contributed by atoms with Crippen molar-refractivity contribution >= 4 is 39.1 Å². The number of benzene rings is 1. The van der Waals surface area contributed by atoms with E-state index < -0.39 is 0 Å². The summed E-state index contributed by atoms with van der Waals surface area (Å²) >= 11 is 14.9. The van der Waals surface area contributed by atoms with Gasteiger partial charge >= 0.3 is 0 Å². The molecule has 1 heterocycles. The van der Waals surface area contributed by atoms with E-state index in [-0.39, 0.29) is 0 Å². The smallest absolute Gasteiger partial charge is 0.233 e. The number of halogens is 3. The van der Waals surface area contributed by atoms with E-state index in [1.807, 2.05) is 0 Å². The Kier molecular flexibility index (Phi) is 3.69. The molecule has 0 aliphatic rings. The summed E-state index contributed by atoms with van der Waals surface area (Å²) < 4.78 is 6.25. The number of nitrogens with zero attached hydrogens (tertiary/aromatic N) is 1. The van der Waals surface area contributed by atoms with Crippen molar-refractivity contribution in [3.05, 3.63) is 51.0 Å². The lowest BCUT2D eigenvalue weighted by atomic mass is 10.3. The molecule has 2 aromatic rings. The fourth-order valence-electron chi connectivity index (χ4n) is 1.09. The maximum atomic E-state index is 5.78. The first-order chi connectivity index (χ1) is 7.65. The van der Waals surface area contributed by atoms with E-state index in [9.17, 15) is 0 Å². The number of ether oxygens (including phenoxy) is 1. The van der Waals surface area contributed by atoms with Gasteiger partial charge in [0.25, 0.3) is 0 Å². The van der Waals surface area contributed by atoms with Crippen LogP contribution < -0.4 is 4.74 Å². The fourth-order valence-corrected chi connectivity index (χ4v) is 1.94. The van der Waals surface area contributed by atoms with Gasteiger partial charge in [-0.05, 0) is 46.3 Å². The second-order valence-corrected chi connectivity index (χ2v) is 4.72. The molecule has 0 spiro atoms. The molecule has 16 heavy (non-hydrogen) atoms. The molecular weight excluding hydrogens is 313 g/mol. The van der Waals surface area contributed by atoms with E-state index in [1.54, 1.807) is 30.3 Å². The minimum absolute atomic E-state index is 0.465. The zero-order valence-electron chi connectivity index (χ0n) is 7.95. The Morgan fingerprint density at radius 3 is 2.38 bits per heavy atom. The maximum absolute atomic E-state index is 5.78. The summed E-state index contributed by atoms with van der Waals surface area (Å²) in [5.41, 5.74) is 0. The highest BCUT2D eigenvalue weighted by Crippen LogP contribution is 2.29. The van der Waals surface area contributed by atoms with Crippen molar-refractivity contribution in [1.82, 2.24) is 4.98 Å². The van der Waals surface area contributed by atoms with Gasteiger partial charge in [0.2, 0.25) is 5.88 Å². The van der Waals surface area contributed by atoms with E-state index in [4.69, 9.17) is 27.9 Å². The highest BCUT2D eigenvalue weighted by Gasteiger charge is 2.04. The molecule has 0 saturated carbocycles. The van der Waals surface area contributed by atoms with Crippen LogP contribution in [-0.2, 0) is 0 Å². The Morgan fingerprint density at radius 2 is 1.75 bits per heavy atom. The molecule has 0 fully saturated rings. The van der Waals surface area contributed by atoms with Crippen LogP contribution in [0.25, 0.3) is 0 Å². The molecule has 1 aromatic carbocycles. The fraction of sp³-hybridized carbons (Fsp3) is 0. The number of aromatic nitrogens is 1. The van der Waals surface area contributed by atoms with Crippen LogP contribution in [0.2, 0.25) is 10.0 Å². The Balaban J connectivity index is 2.23. The third-order valence-electron chi connectivity index (χ3n) is 1.80. The highest BCUT2D eigenvalue weighted by atomic mass is 79.9. The monoisotopic (exact) mass is 317 g/mol. The van der Waals surface area contributed by atoms with Crippen LogP contribution in [0.3, 0.4) is 0 Å². The van der Waals surface area contributed by atoms with Crippen LogP contribution in [0.1, 0.15) is 0 Å². The second kappa shape index (κ2) is 5.04. The van der Waals surface area contributed by atoms with Gasteiger partial charge in [-0.3, -0.25) is 0 Å². The summed E-state index contributed by atoms with van der Waals surface area (Å²) in [5, 5.41) is 1.21. The first-order valence-corrected chi connectivity index (χ1v) is 5.94. The SMILES string of the molecule is Clc1ccc(Oc2ncc(Cl)cc2Br)cc1. The lowest BCUT2D eigenvalue weighted by molar-refractivity contribution is 0.459. The van der Waals surface area contributed by atoms with Gasteiger partial charge in [-0.25, -0.2) is 4.98 Å². The Morgan fingerprint density at radius 1 is 1.06 bits per heavy atom. The lowest BCUT2D eigenvalue weighted by Gasteiger charge is -2.06. The van der Waals surface area contributed by atoms with Gasteiger partial charge in [0.15, 0.2) is 0 Å². The molecule has 0 unspecified atom stereocenters. The van der Waals surface area contributed by atoms with Gasteiger partial charge in [0, 0.05) is 11.2 Å². The Hall–Kier alpha value is -0.770. The molecule has 1 aromatic heterocycles. The Bertz CT molecular complexity index is 502. The van der Waals surface area contributed by atoms with Crippen molar-refractivity contribution < 1.29 is 4.74 Å².